The van der Waals surface area contributed by atoms with Gasteiger partial charge in [0.1, 0.15) is 11.3 Å². The SMILES string of the molecule is C=CCOC1CCC(Oc2cccc(Br)c2C(F)(F)F)CC1. The molecule has 1 fully saturated rings. The van der Waals surface area contributed by atoms with Crippen molar-refractivity contribution >= 4 is 15.9 Å². The summed E-state index contributed by atoms with van der Waals surface area (Å²) in [5.41, 5.74) is -0.750. The molecule has 0 atom stereocenters. The molecule has 122 valence electrons. The van der Waals surface area contributed by atoms with Crippen molar-refractivity contribution in [2.45, 2.75) is 44.1 Å². The van der Waals surface area contributed by atoms with Crippen LogP contribution < -0.4 is 4.74 Å². The van der Waals surface area contributed by atoms with E-state index in [1.165, 1.54) is 12.1 Å². The number of ether oxygens (including phenoxy) is 2. The van der Waals surface area contributed by atoms with Gasteiger partial charge in [0, 0.05) is 4.47 Å². The lowest BCUT2D eigenvalue weighted by atomic mass is 9.95. The second-order valence-corrected chi connectivity index (χ2v) is 6.10. The third kappa shape index (κ3) is 4.49. The average Bonchev–Trinajstić information content (AvgIpc) is 2.45. The third-order valence-corrected chi connectivity index (χ3v) is 4.28. The summed E-state index contributed by atoms with van der Waals surface area (Å²) in [6, 6.07) is 4.29. The van der Waals surface area contributed by atoms with Gasteiger partial charge in [-0.2, -0.15) is 13.2 Å². The number of hydrogen-bond donors (Lipinski definition) is 0. The van der Waals surface area contributed by atoms with Gasteiger partial charge in [-0.25, -0.2) is 0 Å². The minimum atomic E-state index is -4.44. The molecule has 1 aliphatic carbocycles. The lowest BCUT2D eigenvalue weighted by Gasteiger charge is -2.29. The van der Waals surface area contributed by atoms with Crippen LogP contribution in [0, 0.1) is 0 Å². The van der Waals surface area contributed by atoms with E-state index in [1.807, 2.05) is 0 Å². The van der Waals surface area contributed by atoms with Crippen molar-refractivity contribution in [2.24, 2.45) is 0 Å². The first-order chi connectivity index (χ1) is 10.4. The third-order valence-electron chi connectivity index (χ3n) is 3.62. The van der Waals surface area contributed by atoms with E-state index < -0.39 is 11.7 Å². The van der Waals surface area contributed by atoms with Gasteiger partial charge in [-0.1, -0.05) is 28.1 Å². The molecule has 2 nitrogen and oxygen atoms in total. The van der Waals surface area contributed by atoms with Crippen molar-refractivity contribution < 1.29 is 22.6 Å². The molecule has 1 aromatic carbocycles. The summed E-state index contributed by atoms with van der Waals surface area (Å²) >= 11 is 2.96. The van der Waals surface area contributed by atoms with Gasteiger partial charge in [0.05, 0.1) is 18.8 Å². The second kappa shape index (κ2) is 7.51. The summed E-state index contributed by atoms with van der Waals surface area (Å²) in [5, 5.41) is 0. The zero-order valence-corrected chi connectivity index (χ0v) is 13.6. The maximum atomic E-state index is 13.1. The Bertz CT molecular complexity index is 509. The fraction of sp³-hybridized carbons (Fsp3) is 0.500. The van der Waals surface area contributed by atoms with Gasteiger partial charge in [0.15, 0.2) is 0 Å². The minimum Gasteiger partial charge on any atom is -0.490 e. The Labute approximate surface area is 136 Å². The molecule has 0 aliphatic heterocycles. The highest BCUT2D eigenvalue weighted by atomic mass is 79.9. The molecule has 0 heterocycles. The summed E-state index contributed by atoms with van der Waals surface area (Å²) in [7, 11) is 0. The van der Waals surface area contributed by atoms with Crippen LogP contribution in [-0.4, -0.2) is 18.8 Å². The fourth-order valence-corrected chi connectivity index (χ4v) is 3.15. The Morgan fingerprint density at radius 2 is 1.82 bits per heavy atom. The summed E-state index contributed by atoms with van der Waals surface area (Å²) < 4.78 is 50.6. The first-order valence-electron chi connectivity index (χ1n) is 7.16. The highest BCUT2D eigenvalue weighted by molar-refractivity contribution is 9.10. The van der Waals surface area contributed by atoms with Crippen molar-refractivity contribution in [3.63, 3.8) is 0 Å². The summed E-state index contributed by atoms with van der Waals surface area (Å²) in [5.74, 6) is -0.114. The molecule has 1 saturated carbocycles. The normalized spacial score (nSPS) is 22.4. The van der Waals surface area contributed by atoms with E-state index in [0.717, 1.165) is 12.8 Å². The first-order valence-corrected chi connectivity index (χ1v) is 7.96. The molecule has 2 rings (SSSR count). The molecule has 0 saturated heterocycles. The van der Waals surface area contributed by atoms with Crippen molar-refractivity contribution in [2.75, 3.05) is 6.61 Å². The zero-order chi connectivity index (χ0) is 16.2. The lowest BCUT2D eigenvalue weighted by molar-refractivity contribution is -0.140. The minimum absolute atomic E-state index is 0.000465. The summed E-state index contributed by atoms with van der Waals surface area (Å²) in [6.07, 6.45) is 0.125. The van der Waals surface area contributed by atoms with E-state index in [2.05, 4.69) is 22.5 Å². The molecule has 1 aliphatic rings. The first kappa shape index (κ1) is 17.3. The van der Waals surface area contributed by atoms with E-state index in [0.29, 0.717) is 19.4 Å². The molecule has 0 aromatic heterocycles. The molecular formula is C16H18BrF3O2. The van der Waals surface area contributed by atoms with E-state index in [9.17, 15) is 13.2 Å². The van der Waals surface area contributed by atoms with Crippen molar-refractivity contribution in [3.05, 3.63) is 40.9 Å². The molecule has 1 aromatic rings. The quantitative estimate of drug-likeness (QED) is 0.642. The maximum Gasteiger partial charge on any atom is 0.421 e. The lowest BCUT2D eigenvalue weighted by Crippen LogP contribution is -2.29. The Morgan fingerprint density at radius 1 is 1.18 bits per heavy atom. The van der Waals surface area contributed by atoms with Crippen LogP contribution in [0.4, 0.5) is 13.2 Å². The standard InChI is InChI=1S/C16H18BrF3O2/c1-2-10-21-11-6-8-12(9-7-11)22-14-5-3-4-13(17)15(14)16(18,19)20/h2-5,11-12H,1,6-10H2. The molecule has 0 N–H and O–H groups in total. The van der Waals surface area contributed by atoms with Gasteiger partial charge in [0.25, 0.3) is 0 Å². The Morgan fingerprint density at radius 3 is 2.41 bits per heavy atom. The summed E-state index contributed by atoms with van der Waals surface area (Å²) in [6.45, 7) is 4.10. The topological polar surface area (TPSA) is 18.5 Å². The molecule has 0 radical (unpaired) electrons. The van der Waals surface area contributed by atoms with Gasteiger partial charge in [-0.3, -0.25) is 0 Å². The van der Waals surface area contributed by atoms with Crippen LogP contribution in [0.25, 0.3) is 0 Å². The van der Waals surface area contributed by atoms with E-state index in [1.54, 1.807) is 12.1 Å². The van der Waals surface area contributed by atoms with Crippen LogP contribution in [0.2, 0.25) is 0 Å². The molecule has 0 spiro atoms. The van der Waals surface area contributed by atoms with Gasteiger partial charge in [-0.05, 0) is 37.8 Å². The largest absolute Gasteiger partial charge is 0.490 e. The highest BCUT2D eigenvalue weighted by Crippen LogP contribution is 2.42. The van der Waals surface area contributed by atoms with Crippen LogP contribution in [-0.2, 0) is 10.9 Å². The van der Waals surface area contributed by atoms with Crippen LogP contribution in [0.15, 0.2) is 35.3 Å². The summed E-state index contributed by atoms with van der Waals surface area (Å²) in [4.78, 5) is 0. The van der Waals surface area contributed by atoms with Gasteiger partial charge < -0.3 is 9.47 Å². The monoisotopic (exact) mass is 378 g/mol. The zero-order valence-electron chi connectivity index (χ0n) is 12.0. The van der Waals surface area contributed by atoms with Crippen molar-refractivity contribution in [1.82, 2.24) is 0 Å². The average molecular weight is 379 g/mol. The van der Waals surface area contributed by atoms with Crippen LogP contribution in [0.1, 0.15) is 31.2 Å². The number of rotatable bonds is 5. The number of benzene rings is 1. The van der Waals surface area contributed by atoms with E-state index in [4.69, 9.17) is 9.47 Å². The molecule has 0 bridgehead atoms. The van der Waals surface area contributed by atoms with Crippen LogP contribution in [0.3, 0.4) is 0 Å². The van der Waals surface area contributed by atoms with Crippen LogP contribution >= 0.6 is 15.9 Å². The van der Waals surface area contributed by atoms with E-state index in [-0.39, 0.29) is 22.4 Å². The number of alkyl halides is 3. The Balaban J connectivity index is 2.01. The Kier molecular flexibility index (Phi) is 5.92. The number of hydrogen-bond acceptors (Lipinski definition) is 2. The predicted octanol–water partition coefficient (Wildman–Crippen LogP) is 5.36. The van der Waals surface area contributed by atoms with Gasteiger partial charge in [-0.15, -0.1) is 6.58 Å². The smallest absolute Gasteiger partial charge is 0.421 e. The Hall–Kier alpha value is -1.01. The molecule has 22 heavy (non-hydrogen) atoms. The van der Waals surface area contributed by atoms with Gasteiger partial charge >= 0.3 is 6.18 Å². The molecule has 0 amide bonds. The molecule has 0 unspecified atom stereocenters. The maximum absolute atomic E-state index is 13.1. The van der Waals surface area contributed by atoms with Crippen molar-refractivity contribution in [3.8, 4) is 5.75 Å². The fourth-order valence-electron chi connectivity index (χ4n) is 2.58. The molecule has 6 heteroatoms. The predicted molar refractivity (Wildman–Crippen MR) is 82.0 cm³/mol. The van der Waals surface area contributed by atoms with Gasteiger partial charge in [0.2, 0.25) is 0 Å². The second-order valence-electron chi connectivity index (χ2n) is 5.25. The van der Waals surface area contributed by atoms with E-state index >= 15 is 0 Å². The van der Waals surface area contributed by atoms with Crippen molar-refractivity contribution in [1.29, 1.82) is 0 Å². The molecular weight excluding hydrogens is 361 g/mol. The highest BCUT2D eigenvalue weighted by Gasteiger charge is 2.37. The van der Waals surface area contributed by atoms with Crippen LogP contribution in [0.5, 0.6) is 5.75 Å². The number of halogens is 4.